The minimum atomic E-state index is -1.25. The topological polar surface area (TPSA) is 125 Å². The molecule has 8 nitrogen and oxygen atoms in total. The standard InChI is InChI=1S/C17H25NO7/c1-17(2,3)25-16(23)18-8-7-12(19)14(20)10-5-6-11(15(21)22)13(9-10)24-4/h5-6,9,12,14,19-20H,7-8H2,1-4H3,(H,18,23)(H,21,22). The second kappa shape index (κ2) is 8.68. The summed E-state index contributed by atoms with van der Waals surface area (Å²) < 4.78 is 10.1. The van der Waals surface area contributed by atoms with E-state index in [0.29, 0.717) is 5.56 Å². The summed E-state index contributed by atoms with van der Waals surface area (Å²) in [7, 11) is 1.32. The van der Waals surface area contributed by atoms with Crippen LogP contribution in [-0.4, -0.2) is 52.7 Å². The summed E-state index contributed by atoms with van der Waals surface area (Å²) in [4.78, 5) is 22.6. The number of hydrogen-bond acceptors (Lipinski definition) is 6. The highest BCUT2D eigenvalue weighted by atomic mass is 16.6. The van der Waals surface area contributed by atoms with Gasteiger partial charge in [-0.1, -0.05) is 6.07 Å². The molecule has 0 fully saturated rings. The summed E-state index contributed by atoms with van der Waals surface area (Å²) >= 11 is 0. The van der Waals surface area contributed by atoms with Gasteiger partial charge in [0, 0.05) is 6.54 Å². The highest BCUT2D eigenvalue weighted by molar-refractivity contribution is 5.91. The summed E-state index contributed by atoms with van der Waals surface area (Å²) in [6, 6.07) is 4.06. The van der Waals surface area contributed by atoms with Crippen molar-refractivity contribution in [2.24, 2.45) is 0 Å². The Morgan fingerprint density at radius 1 is 1.24 bits per heavy atom. The van der Waals surface area contributed by atoms with E-state index in [-0.39, 0.29) is 24.3 Å². The van der Waals surface area contributed by atoms with E-state index in [2.05, 4.69) is 5.32 Å². The van der Waals surface area contributed by atoms with Crippen molar-refractivity contribution in [3.63, 3.8) is 0 Å². The van der Waals surface area contributed by atoms with Gasteiger partial charge in [-0.25, -0.2) is 9.59 Å². The lowest BCUT2D eigenvalue weighted by molar-refractivity contribution is 0.0122. The Hall–Kier alpha value is -2.32. The van der Waals surface area contributed by atoms with Crippen LogP contribution in [0.15, 0.2) is 18.2 Å². The molecule has 1 aromatic carbocycles. The molecule has 1 aromatic rings. The number of hydrogen-bond donors (Lipinski definition) is 4. The number of carboxylic acids is 1. The molecule has 4 N–H and O–H groups in total. The molecule has 2 atom stereocenters. The fraction of sp³-hybridized carbons (Fsp3) is 0.529. The lowest BCUT2D eigenvalue weighted by Gasteiger charge is -2.21. The smallest absolute Gasteiger partial charge is 0.407 e. The fourth-order valence-electron chi connectivity index (χ4n) is 2.08. The number of methoxy groups -OCH3 is 1. The molecular formula is C17H25NO7. The second-order valence-electron chi connectivity index (χ2n) is 6.49. The molecule has 0 aliphatic carbocycles. The third-order valence-electron chi connectivity index (χ3n) is 3.27. The summed E-state index contributed by atoms with van der Waals surface area (Å²) in [5.74, 6) is -1.07. The number of alkyl carbamates (subject to hydrolysis) is 1. The SMILES string of the molecule is COc1cc(C(O)C(O)CCNC(=O)OC(C)(C)C)ccc1C(=O)O. The number of aliphatic hydroxyl groups is 2. The van der Waals surface area contributed by atoms with Crippen molar-refractivity contribution in [2.75, 3.05) is 13.7 Å². The zero-order valence-electron chi connectivity index (χ0n) is 14.8. The van der Waals surface area contributed by atoms with Gasteiger partial charge in [0.25, 0.3) is 0 Å². The van der Waals surface area contributed by atoms with Crippen LogP contribution in [0.4, 0.5) is 4.79 Å². The average molecular weight is 355 g/mol. The maximum atomic E-state index is 11.5. The van der Waals surface area contributed by atoms with Crippen molar-refractivity contribution in [3.05, 3.63) is 29.3 Å². The van der Waals surface area contributed by atoms with Crippen molar-refractivity contribution >= 4 is 12.1 Å². The number of rotatable bonds is 7. The number of ether oxygens (including phenoxy) is 2. The van der Waals surface area contributed by atoms with E-state index >= 15 is 0 Å². The quantitative estimate of drug-likeness (QED) is 0.586. The van der Waals surface area contributed by atoms with Gasteiger partial charge in [-0.05, 0) is 44.9 Å². The van der Waals surface area contributed by atoms with Gasteiger partial charge in [-0.2, -0.15) is 0 Å². The second-order valence-corrected chi connectivity index (χ2v) is 6.49. The van der Waals surface area contributed by atoms with E-state index < -0.39 is 29.9 Å². The number of amides is 1. The highest BCUT2D eigenvalue weighted by Gasteiger charge is 2.22. The molecule has 2 unspecified atom stereocenters. The van der Waals surface area contributed by atoms with E-state index in [1.807, 2.05) is 0 Å². The van der Waals surface area contributed by atoms with Crippen LogP contribution in [0, 0.1) is 0 Å². The van der Waals surface area contributed by atoms with Crippen LogP contribution >= 0.6 is 0 Å². The lowest BCUT2D eigenvalue weighted by Crippen LogP contribution is -2.34. The van der Waals surface area contributed by atoms with E-state index in [1.54, 1.807) is 20.8 Å². The Balaban J connectivity index is 2.63. The van der Waals surface area contributed by atoms with Gasteiger partial charge in [0.2, 0.25) is 0 Å². The van der Waals surface area contributed by atoms with Crippen molar-refractivity contribution < 1.29 is 34.4 Å². The van der Waals surface area contributed by atoms with E-state index in [4.69, 9.17) is 14.6 Å². The molecule has 0 aliphatic rings. The first-order valence-electron chi connectivity index (χ1n) is 7.79. The minimum absolute atomic E-state index is 0.0421. The predicted octanol–water partition coefficient (Wildman–Crippen LogP) is 1.70. The molecule has 0 spiro atoms. The number of nitrogens with one attached hydrogen (secondary N) is 1. The summed E-state index contributed by atoms with van der Waals surface area (Å²) in [5.41, 5.74) is -0.351. The molecule has 1 rings (SSSR count). The van der Waals surface area contributed by atoms with Crippen molar-refractivity contribution in [3.8, 4) is 5.75 Å². The fourth-order valence-corrected chi connectivity index (χ4v) is 2.08. The highest BCUT2D eigenvalue weighted by Crippen LogP contribution is 2.26. The Bertz CT molecular complexity index is 610. The van der Waals surface area contributed by atoms with Crippen LogP contribution in [0.2, 0.25) is 0 Å². The maximum absolute atomic E-state index is 11.5. The Kier molecular flexibility index (Phi) is 7.20. The Morgan fingerprint density at radius 3 is 2.40 bits per heavy atom. The first-order chi connectivity index (χ1) is 11.5. The molecule has 8 heteroatoms. The molecule has 25 heavy (non-hydrogen) atoms. The first-order valence-corrected chi connectivity index (χ1v) is 7.79. The van der Waals surface area contributed by atoms with Gasteiger partial charge < -0.3 is 30.1 Å². The number of aliphatic hydroxyl groups excluding tert-OH is 2. The van der Waals surface area contributed by atoms with Crippen LogP contribution in [0.1, 0.15) is 49.2 Å². The van der Waals surface area contributed by atoms with Gasteiger partial charge in [0.1, 0.15) is 23.0 Å². The number of carboxylic acid groups (broad SMARTS) is 1. The summed E-state index contributed by atoms with van der Waals surface area (Å²) in [6.45, 7) is 5.32. The van der Waals surface area contributed by atoms with Gasteiger partial charge in [-0.15, -0.1) is 0 Å². The third kappa shape index (κ3) is 6.60. The van der Waals surface area contributed by atoms with Crippen LogP contribution in [0.3, 0.4) is 0 Å². The average Bonchev–Trinajstić information content (AvgIpc) is 2.51. The molecule has 1 amide bonds. The third-order valence-corrected chi connectivity index (χ3v) is 3.27. The monoisotopic (exact) mass is 355 g/mol. The molecule has 0 heterocycles. The largest absolute Gasteiger partial charge is 0.496 e. The normalized spacial score (nSPS) is 13.7. The molecule has 0 radical (unpaired) electrons. The molecular weight excluding hydrogens is 330 g/mol. The predicted molar refractivity (Wildman–Crippen MR) is 89.8 cm³/mol. The number of aromatic carboxylic acids is 1. The van der Waals surface area contributed by atoms with Gasteiger partial charge in [0.15, 0.2) is 0 Å². The molecule has 0 aliphatic heterocycles. The molecule has 0 saturated carbocycles. The summed E-state index contributed by atoms with van der Waals surface area (Å²) in [6.07, 6.45) is -2.93. The minimum Gasteiger partial charge on any atom is -0.496 e. The van der Waals surface area contributed by atoms with Crippen molar-refractivity contribution in [1.29, 1.82) is 0 Å². The van der Waals surface area contributed by atoms with E-state index in [9.17, 15) is 19.8 Å². The Morgan fingerprint density at radius 2 is 1.88 bits per heavy atom. The van der Waals surface area contributed by atoms with Gasteiger partial charge in [-0.3, -0.25) is 0 Å². The van der Waals surface area contributed by atoms with Gasteiger partial charge in [0.05, 0.1) is 13.2 Å². The van der Waals surface area contributed by atoms with Crippen LogP contribution < -0.4 is 10.1 Å². The van der Waals surface area contributed by atoms with E-state index in [0.717, 1.165) is 0 Å². The molecule has 140 valence electrons. The van der Waals surface area contributed by atoms with Crippen LogP contribution in [0.25, 0.3) is 0 Å². The molecule has 0 aromatic heterocycles. The zero-order chi connectivity index (χ0) is 19.2. The summed E-state index contributed by atoms with van der Waals surface area (Å²) in [5, 5.41) is 31.8. The zero-order valence-corrected chi connectivity index (χ0v) is 14.8. The lowest BCUT2D eigenvalue weighted by atomic mass is 10.00. The van der Waals surface area contributed by atoms with Crippen LogP contribution in [-0.2, 0) is 4.74 Å². The number of carbonyl (C=O) groups excluding carboxylic acids is 1. The number of carbonyl (C=O) groups is 2. The van der Waals surface area contributed by atoms with Crippen molar-refractivity contribution in [2.45, 2.75) is 45.0 Å². The number of benzene rings is 1. The van der Waals surface area contributed by atoms with E-state index in [1.165, 1.54) is 25.3 Å². The first kappa shape index (κ1) is 20.7. The maximum Gasteiger partial charge on any atom is 0.407 e. The molecule has 0 saturated heterocycles. The van der Waals surface area contributed by atoms with Gasteiger partial charge >= 0.3 is 12.1 Å². The molecule has 0 bridgehead atoms. The van der Waals surface area contributed by atoms with Crippen molar-refractivity contribution in [1.82, 2.24) is 5.32 Å². The van der Waals surface area contributed by atoms with Crippen LogP contribution in [0.5, 0.6) is 5.75 Å². The Labute approximate surface area is 146 Å².